The van der Waals surface area contributed by atoms with Gasteiger partial charge < -0.3 is 20.1 Å². The van der Waals surface area contributed by atoms with Gasteiger partial charge in [0.2, 0.25) is 0 Å². The minimum Gasteiger partial charge on any atom is -0.462 e. The van der Waals surface area contributed by atoms with E-state index in [4.69, 9.17) is 24.3 Å². The van der Waals surface area contributed by atoms with Gasteiger partial charge in [-0.1, -0.05) is 369 Å². The second-order valence-electron chi connectivity index (χ2n) is 26.2. The molecule has 0 aliphatic carbocycles. The normalized spacial score (nSPS) is 13.3. The molecule has 0 fully saturated rings. The van der Waals surface area contributed by atoms with E-state index in [9.17, 15) is 19.0 Å². The second-order valence-corrected chi connectivity index (χ2v) is 27.7. The third kappa shape index (κ3) is 76.1. The first kappa shape index (κ1) is 88.2. The maximum Gasteiger partial charge on any atom is 0.472 e. The predicted molar refractivity (Wildman–Crippen MR) is 395 cm³/mol. The van der Waals surface area contributed by atoms with Crippen molar-refractivity contribution in [1.82, 2.24) is 0 Å². The van der Waals surface area contributed by atoms with E-state index in [1.807, 2.05) is 0 Å². The molecule has 0 aromatic carbocycles. The number of rotatable bonds is 74. The van der Waals surface area contributed by atoms with Gasteiger partial charge in [0.15, 0.2) is 6.10 Å². The molecule has 0 spiro atoms. The van der Waals surface area contributed by atoms with Gasteiger partial charge in [0.05, 0.1) is 13.2 Å². The Bertz CT molecular complexity index is 1770. The van der Waals surface area contributed by atoms with Gasteiger partial charge >= 0.3 is 19.8 Å². The average Bonchev–Trinajstić information content (AvgIpc) is 3.71. The standard InChI is InChI=1S/C81H148NO8P/c1-3-5-7-9-11-13-15-17-19-21-23-25-27-29-31-33-35-36-37-38-39-40-41-42-44-46-48-50-52-54-56-58-60-62-64-66-68-70-72-74-81(84)90-79(78-89-91(85,86)88-76-75-82)77-87-80(83)73-71-69-67-65-63-61-59-57-55-53-51-49-47-45-43-34-32-30-28-26-24-22-20-18-16-14-12-10-8-6-4-2/h5,7,11,13,16-19,22-25,28,30,79H,3-4,6,8-10,12,14-15,20-21,26-27,29,31-78,82H2,1-2H3,(H,85,86)/b7-5-,13-11-,18-16-,19-17-,24-22-,25-23-,30-28-. The van der Waals surface area contributed by atoms with Gasteiger partial charge in [0.25, 0.3) is 0 Å². The molecule has 3 N–H and O–H groups in total. The first-order chi connectivity index (χ1) is 44.8. The molecule has 0 saturated carbocycles. The van der Waals surface area contributed by atoms with Crippen LogP contribution in [0.2, 0.25) is 0 Å². The number of phosphoric acid groups is 1. The SMILES string of the molecule is CC/C=C\C/C=C\C/C=C\C/C=C\CCCCCCCCCCCCCCCCCCCCCCCCCCCCC(=O)OC(COC(=O)CCCCCCCCCCCCCCCCCC/C=C\C/C=C\C/C=C\CCCCCCC)COP(=O)(O)OCCN. The lowest BCUT2D eigenvalue weighted by Crippen LogP contribution is -2.29. The molecular formula is C81H148NO8P. The highest BCUT2D eigenvalue weighted by Crippen LogP contribution is 2.43. The van der Waals surface area contributed by atoms with Gasteiger partial charge in [-0.05, 0) is 89.9 Å². The van der Waals surface area contributed by atoms with Crippen molar-refractivity contribution in [3.8, 4) is 0 Å². The summed E-state index contributed by atoms with van der Waals surface area (Å²) in [6.07, 6.45) is 103. The predicted octanol–water partition coefficient (Wildman–Crippen LogP) is 26.1. The summed E-state index contributed by atoms with van der Waals surface area (Å²) >= 11 is 0. The van der Waals surface area contributed by atoms with Crippen LogP contribution in [0.3, 0.4) is 0 Å². The molecule has 0 heterocycles. The van der Waals surface area contributed by atoms with Crippen molar-refractivity contribution in [2.24, 2.45) is 5.73 Å². The smallest absolute Gasteiger partial charge is 0.462 e. The quantitative estimate of drug-likeness (QED) is 0.0264. The number of nitrogens with two attached hydrogens (primary N) is 1. The summed E-state index contributed by atoms with van der Waals surface area (Å²) in [6, 6.07) is 0. The van der Waals surface area contributed by atoms with Gasteiger partial charge in [-0.15, -0.1) is 0 Å². The lowest BCUT2D eigenvalue weighted by molar-refractivity contribution is -0.161. The maximum atomic E-state index is 12.8. The Kier molecular flexibility index (Phi) is 73.9. The van der Waals surface area contributed by atoms with Crippen molar-refractivity contribution in [1.29, 1.82) is 0 Å². The zero-order valence-electron chi connectivity index (χ0n) is 59.8. The van der Waals surface area contributed by atoms with Crippen LogP contribution < -0.4 is 5.73 Å². The van der Waals surface area contributed by atoms with Crippen LogP contribution in [0.15, 0.2) is 85.1 Å². The molecule has 0 rings (SSSR count). The molecule has 0 aliphatic heterocycles. The number of ether oxygens (including phenoxy) is 2. The average molecular weight is 1300 g/mol. The molecule has 2 atom stereocenters. The van der Waals surface area contributed by atoms with E-state index < -0.39 is 26.5 Å². The number of allylic oxidation sites excluding steroid dienone is 14. The second kappa shape index (κ2) is 76.2. The highest BCUT2D eigenvalue weighted by molar-refractivity contribution is 7.47. The maximum absolute atomic E-state index is 12.8. The van der Waals surface area contributed by atoms with Gasteiger partial charge in [-0.2, -0.15) is 0 Å². The topological polar surface area (TPSA) is 134 Å². The largest absolute Gasteiger partial charge is 0.472 e. The molecule has 0 aromatic rings. The van der Waals surface area contributed by atoms with Crippen molar-refractivity contribution in [3.63, 3.8) is 0 Å². The van der Waals surface area contributed by atoms with Crippen LogP contribution in [0.1, 0.15) is 386 Å². The Morgan fingerprint density at radius 3 is 0.901 bits per heavy atom. The number of phosphoric ester groups is 1. The van der Waals surface area contributed by atoms with E-state index in [0.717, 1.165) is 70.6 Å². The molecule has 10 heteroatoms. The Morgan fingerprint density at radius 2 is 0.604 bits per heavy atom. The molecule has 91 heavy (non-hydrogen) atoms. The van der Waals surface area contributed by atoms with Crippen LogP contribution in [0, 0.1) is 0 Å². The van der Waals surface area contributed by atoms with Crippen LogP contribution in [0.4, 0.5) is 0 Å². The van der Waals surface area contributed by atoms with Crippen LogP contribution in [0.5, 0.6) is 0 Å². The van der Waals surface area contributed by atoms with Crippen molar-refractivity contribution in [3.05, 3.63) is 85.1 Å². The third-order valence-corrected chi connectivity index (χ3v) is 18.2. The monoisotopic (exact) mass is 1290 g/mol. The van der Waals surface area contributed by atoms with Crippen LogP contribution in [-0.4, -0.2) is 49.3 Å². The highest BCUT2D eigenvalue weighted by atomic mass is 31.2. The molecule has 530 valence electrons. The minimum atomic E-state index is -4.40. The highest BCUT2D eigenvalue weighted by Gasteiger charge is 2.26. The lowest BCUT2D eigenvalue weighted by Gasteiger charge is -2.19. The fraction of sp³-hybridized carbons (Fsp3) is 0.802. The molecule has 0 saturated heterocycles. The van der Waals surface area contributed by atoms with Gasteiger partial charge in [-0.3, -0.25) is 18.6 Å². The van der Waals surface area contributed by atoms with E-state index in [-0.39, 0.29) is 38.6 Å². The van der Waals surface area contributed by atoms with Gasteiger partial charge in [0.1, 0.15) is 6.61 Å². The third-order valence-electron chi connectivity index (χ3n) is 17.3. The zero-order valence-corrected chi connectivity index (χ0v) is 60.7. The number of hydrogen-bond donors (Lipinski definition) is 2. The number of unbranched alkanes of at least 4 members (excludes halogenated alkanes) is 47. The summed E-state index contributed by atoms with van der Waals surface area (Å²) in [5, 5.41) is 0. The number of carbonyl (C=O) groups is 2. The van der Waals surface area contributed by atoms with Crippen molar-refractivity contribution in [2.45, 2.75) is 392 Å². The molecule has 0 aromatic heterocycles. The molecule has 9 nitrogen and oxygen atoms in total. The zero-order chi connectivity index (χ0) is 65.8. The summed E-state index contributed by atoms with van der Waals surface area (Å²) in [4.78, 5) is 35.4. The van der Waals surface area contributed by atoms with Crippen molar-refractivity contribution < 1.29 is 37.6 Å². The lowest BCUT2D eigenvalue weighted by atomic mass is 10.0. The van der Waals surface area contributed by atoms with Crippen LogP contribution >= 0.6 is 7.82 Å². The number of hydrogen-bond acceptors (Lipinski definition) is 8. The molecule has 0 radical (unpaired) electrons. The first-order valence-corrected chi connectivity index (χ1v) is 40.6. The summed E-state index contributed by atoms with van der Waals surface area (Å²) in [5.41, 5.74) is 5.41. The van der Waals surface area contributed by atoms with E-state index in [1.165, 1.54) is 283 Å². The van der Waals surface area contributed by atoms with E-state index >= 15 is 0 Å². The number of carbonyl (C=O) groups excluding carboxylic acids is 2. The van der Waals surface area contributed by atoms with Crippen LogP contribution in [-0.2, 0) is 32.7 Å². The van der Waals surface area contributed by atoms with Gasteiger partial charge in [0, 0.05) is 19.4 Å². The Hall–Kier alpha value is -2.81. The molecule has 2 unspecified atom stereocenters. The Labute approximate surface area is 564 Å². The summed E-state index contributed by atoms with van der Waals surface area (Å²) < 4.78 is 33.3. The van der Waals surface area contributed by atoms with E-state index in [2.05, 4.69) is 98.9 Å². The fourth-order valence-corrected chi connectivity index (χ4v) is 12.3. The van der Waals surface area contributed by atoms with E-state index in [0.29, 0.717) is 6.42 Å². The van der Waals surface area contributed by atoms with Crippen molar-refractivity contribution >= 4 is 19.8 Å². The summed E-state index contributed by atoms with van der Waals surface area (Å²) in [5.74, 6) is -0.809. The van der Waals surface area contributed by atoms with Crippen LogP contribution in [0.25, 0.3) is 0 Å². The molecular weight excluding hydrogens is 1150 g/mol. The molecule has 0 bridgehead atoms. The molecule has 0 aliphatic rings. The summed E-state index contributed by atoms with van der Waals surface area (Å²) in [6.45, 7) is 3.68. The van der Waals surface area contributed by atoms with Crippen molar-refractivity contribution in [2.75, 3.05) is 26.4 Å². The van der Waals surface area contributed by atoms with Gasteiger partial charge in [-0.25, -0.2) is 4.57 Å². The Balaban J connectivity index is 3.78. The number of esters is 2. The molecule has 0 amide bonds. The van der Waals surface area contributed by atoms with E-state index in [1.54, 1.807) is 0 Å². The minimum absolute atomic E-state index is 0.0539. The first-order valence-electron chi connectivity index (χ1n) is 39.1. The fourth-order valence-electron chi connectivity index (χ4n) is 11.5. The summed E-state index contributed by atoms with van der Waals surface area (Å²) in [7, 11) is -4.40. The Morgan fingerprint density at radius 1 is 0.341 bits per heavy atom.